The van der Waals surface area contributed by atoms with Crippen molar-refractivity contribution in [2.45, 2.75) is 17.7 Å². The van der Waals surface area contributed by atoms with Crippen LogP contribution in [0.3, 0.4) is 0 Å². The van der Waals surface area contributed by atoms with E-state index in [0.29, 0.717) is 13.1 Å². The van der Waals surface area contributed by atoms with Gasteiger partial charge in [0.15, 0.2) is 5.96 Å². The van der Waals surface area contributed by atoms with E-state index >= 15 is 0 Å². The van der Waals surface area contributed by atoms with Crippen molar-refractivity contribution in [2.75, 3.05) is 32.4 Å². The summed E-state index contributed by atoms with van der Waals surface area (Å²) >= 11 is 1.81. The first-order valence-electron chi connectivity index (χ1n) is 7.69. The minimum Gasteiger partial charge on any atom is -0.356 e. The number of carbonyl (C=O) groups is 1. The van der Waals surface area contributed by atoms with Gasteiger partial charge in [0.05, 0.1) is 0 Å². The molecule has 120 valence electrons. The van der Waals surface area contributed by atoms with Gasteiger partial charge < -0.3 is 16.0 Å². The first kappa shape index (κ1) is 16.7. The van der Waals surface area contributed by atoms with Gasteiger partial charge in [-0.25, -0.2) is 0 Å². The van der Waals surface area contributed by atoms with Gasteiger partial charge in [0.2, 0.25) is 5.91 Å². The summed E-state index contributed by atoms with van der Waals surface area (Å²) in [6.07, 6.45) is 2.09. The Balaban J connectivity index is 1.52. The van der Waals surface area contributed by atoms with Crippen molar-refractivity contribution < 1.29 is 4.79 Å². The second-order valence-electron chi connectivity index (χ2n) is 5.15. The molecular formula is C16H24N4OS. The molecule has 0 aromatic heterocycles. The molecule has 0 radical (unpaired) electrons. The third kappa shape index (κ3) is 6.39. The number of thioether (sulfide) groups is 1. The summed E-state index contributed by atoms with van der Waals surface area (Å²) in [6.45, 7) is 2.16. The number of guanidine groups is 1. The Labute approximate surface area is 136 Å². The highest BCUT2D eigenvalue weighted by molar-refractivity contribution is 7.99. The molecule has 1 saturated carbocycles. The third-order valence-corrected chi connectivity index (χ3v) is 4.31. The fraction of sp³-hybridized carbons (Fsp3) is 0.500. The molecule has 1 aromatic rings. The van der Waals surface area contributed by atoms with E-state index in [4.69, 9.17) is 0 Å². The Morgan fingerprint density at radius 2 is 1.82 bits per heavy atom. The molecule has 0 spiro atoms. The standard InChI is InChI=1S/C16H24N4OS/c1-17-16(19-10-9-18-15(21)13-7-8-13)20-11-12-22-14-5-3-2-4-6-14/h2-6,13H,7-12H2,1H3,(H,18,21)(H2,17,19,20). The van der Waals surface area contributed by atoms with Crippen LogP contribution in [-0.2, 0) is 4.79 Å². The summed E-state index contributed by atoms with van der Waals surface area (Å²) in [6, 6.07) is 10.3. The van der Waals surface area contributed by atoms with Crippen LogP contribution < -0.4 is 16.0 Å². The Morgan fingerprint density at radius 3 is 2.50 bits per heavy atom. The van der Waals surface area contributed by atoms with Crippen molar-refractivity contribution in [3.63, 3.8) is 0 Å². The molecule has 2 rings (SSSR count). The topological polar surface area (TPSA) is 65.5 Å². The van der Waals surface area contributed by atoms with Gasteiger partial charge >= 0.3 is 0 Å². The van der Waals surface area contributed by atoms with E-state index < -0.39 is 0 Å². The largest absolute Gasteiger partial charge is 0.356 e. The summed E-state index contributed by atoms with van der Waals surface area (Å²) in [5.74, 6) is 2.20. The van der Waals surface area contributed by atoms with Crippen LogP contribution in [0, 0.1) is 5.92 Å². The van der Waals surface area contributed by atoms with Crippen molar-refractivity contribution in [3.05, 3.63) is 30.3 Å². The van der Waals surface area contributed by atoms with Crippen LogP contribution in [0.4, 0.5) is 0 Å². The molecular weight excluding hydrogens is 296 g/mol. The van der Waals surface area contributed by atoms with Gasteiger partial charge in [-0.3, -0.25) is 9.79 Å². The first-order valence-corrected chi connectivity index (χ1v) is 8.68. The average Bonchev–Trinajstić information content (AvgIpc) is 3.39. The van der Waals surface area contributed by atoms with Gasteiger partial charge in [0.1, 0.15) is 0 Å². The normalized spacial score (nSPS) is 14.5. The van der Waals surface area contributed by atoms with E-state index in [-0.39, 0.29) is 11.8 Å². The van der Waals surface area contributed by atoms with Crippen molar-refractivity contribution in [3.8, 4) is 0 Å². The zero-order chi connectivity index (χ0) is 15.6. The minimum atomic E-state index is 0.184. The summed E-state index contributed by atoms with van der Waals surface area (Å²) < 4.78 is 0. The van der Waals surface area contributed by atoms with Crippen molar-refractivity contribution in [1.29, 1.82) is 0 Å². The summed E-state index contributed by atoms with van der Waals surface area (Å²) in [5, 5.41) is 9.39. The van der Waals surface area contributed by atoms with Crippen LogP contribution in [-0.4, -0.2) is 44.3 Å². The van der Waals surface area contributed by atoms with E-state index in [1.165, 1.54) is 4.90 Å². The zero-order valence-corrected chi connectivity index (χ0v) is 13.8. The van der Waals surface area contributed by atoms with Crippen LogP contribution in [0.25, 0.3) is 0 Å². The minimum absolute atomic E-state index is 0.184. The molecule has 5 nitrogen and oxygen atoms in total. The van der Waals surface area contributed by atoms with Gasteiger partial charge in [-0.1, -0.05) is 18.2 Å². The number of rotatable bonds is 8. The number of aliphatic imine (C=N–C) groups is 1. The van der Waals surface area contributed by atoms with Crippen LogP contribution in [0.15, 0.2) is 40.2 Å². The Morgan fingerprint density at radius 1 is 1.14 bits per heavy atom. The lowest BCUT2D eigenvalue weighted by Crippen LogP contribution is -2.42. The maximum Gasteiger partial charge on any atom is 0.223 e. The number of benzene rings is 1. The van der Waals surface area contributed by atoms with E-state index in [1.807, 2.05) is 30.0 Å². The van der Waals surface area contributed by atoms with Crippen molar-refractivity contribution in [1.82, 2.24) is 16.0 Å². The number of nitrogens with zero attached hydrogens (tertiary/aromatic N) is 1. The highest BCUT2D eigenvalue weighted by atomic mass is 32.2. The first-order chi connectivity index (χ1) is 10.8. The number of amides is 1. The molecule has 22 heavy (non-hydrogen) atoms. The van der Waals surface area contributed by atoms with E-state index in [0.717, 1.165) is 31.1 Å². The van der Waals surface area contributed by atoms with Crippen LogP contribution in [0.1, 0.15) is 12.8 Å². The molecule has 1 amide bonds. The molecule has 0 atom stereocenters. The van der Waals surface area contributed by atoms with Gasteiger partial charge in [0, 0.05) is 43.2 Å². The zero-order valence-electron chi connectivity index (χ0n) is 13.0. The van der Waals surface area contributed by atoms with E-state index in [2.05, 4.69) is 33.1 Å². The maximum atomic E-state index is 11.5. The molecule has 1 aromatic carbocycles. The monoisotopic (exact) mass is 320 g/mol. The van der Waals surface area contributed by atoms with Crippen LogP contribution >= 0.6 is 11.8 Å². The van der Waals surface area contributed by atoms with Crippen molar-refractivity contribution >= 4 is 23.6 Å². The molecule has 0 aliphatic heterocycles. The summed E-state index contributed by atoms with van der Waals surface area (Å²) in [5.41, 5.74) is 0. The van der Waals surface area contributed by atoms with E-state index in [1.54, 1.807) is 7.05 Å². The molecule has 0 unspecified atom stereocenters. The molecule has 1 fully saturated rings. The number of nitrogens with one attached hydrogen (secondary N) is 3. The fourth-order valence-electron chi connectivity index (χ4n) is 1.93. The lowest BCUT2D eigenvalue weighted by molar-refractivity contribution is -0.122. The molecule has 6 heteroatoms. The Kier molecular flexibility index (Phi) is 7.09. The molecule has 0 bridgehead atoms. The summed E-state index contributed by atoms with van der Waals surface area (Å²) in [7, 11) is 1.75. The number of hydrogen-bond acceptors (Lipinski definition) is 3. The molecule has 3 N–H and O–H groups in total. The van der Waals surface area contributed by atoms with Gasteiger partial charge in [0.25, 0.3) is 0 Å². The third-order valence-electron chi connectivity index (χ3n) is 3.29. The second kappa shape index (κ2) is 9.35. The van der Waals surface area contributed by atoms with Gasteiger partial charge in [-0.05, 0) is 25.0 Å². The Hall–Kier alpha value is -1.69. The van der Waals surface area contributed by atoms with Crippen molar-refractivity contribution in [2.24, 2.45) is 10.9 Å². The molecule has 1 aliphatic rings. The lowest BCUT2D eigenvalue weighted by atomic mass is 10.4. The maximum absolute atomic E-state index is 11.5. The number of carbonyl (C=O) groups excluding carboxylic acids is 1. The molecule has 1 aliphatic carbocycles. The highest BCUT2D eigenvalue weighted by Crippen LogP contribution is 2.28. The SMILES string of the molecule is CN=C(NCCNC(=O)C1CC1)NCCSc1ccccc1. The lowest BCUT2D eigenvalue weighted by Gasteiger charge is -2.12. The fourth-order valence-corrected chi connectivity index (χ4v) is 2.72. The number of hydrogen-bond donors (Lipinski definition) is 3. The van der Waals surface area contributed by atoms with E-state index in [9.17, 15) is 4.79 Å². The Bertz CT molecular complexity index is 488. The van der Waals surface area contributed by atoms with Gasteiger partial charge in [-0.2, -0.15) is 0 Å². The van der Waals surface area contributed by atoms with Gasteiger partial charge in [-0.15, -0.1) is 11.8 Å². The average molecular weight is 320 g/mol. The second-order valence-corrected chi connectivity index (χ2v) is 6.32. The summed E-state index contributed by atoms with van der Waals surface area (Å²) in [4.78, 5) is 16.9. The smallest absolute Gasteiger partial charge is 0.223 e. The predicted molar refractivity (Wildman–Crippen MR) is 92.3 cm³/mol. The molecule has 0 saturated heterocycles. The predicted octanol–water partition coefficient (Wildman–Crippen LogP) is 1.47. The highest BCUT2D eigenvalue weighted by Gasteiger charge is 2.28. The quantitative estimate of drug-likeness (QED) is 0.294. The van der Waals surface area contributed by atoms with Crippen LogP contribution in [0.5, 0.6) is 0 Å². The molecule has 0 heterocycles. The van der Waals surface area contributed by atoms with Crippen LogP contribution in [0.2, 0.25) is 0 Å².